The van der Waals surface area contributed by atoms with Gasteiger partial charge in [-0.25, -0.2) is 4.98 Å². The molecule has 1 aromatic carbocycles. The molecule has 2 aromatic rings. The van der Waals surface area contributed by atoms with Gasteiger partial charge in [-0.15, -0.1) is 11.8 Å². The van der Waals surface area contributed by atoms with Gasteiger partial charge < -0.3 is 9.88 Å². The van der Waals surface area contributed by atoms with Crippen LogP contribution in [-0.4, -0.2) is 27.9 Å². The van der Waals surface area contributed by atoms with Crippen LogP contribution in [-0.2, 0) is 13.5 Å². The maximum absolute atomic E-state index is 6.03. The zero-order chi connectivity index (χ0) is 15.1. The maximum atomic E-state index is 6.03. The van der Waals surface area contributed by atoms with E-state index in [1.54, 1.807) is 0 Å². The first-order valence-corrected chi connectivity index (χ1v) is 8.63. The van der Waals surface area contributed by atoms with Gasteiger partial charge in [0.1, 0.15) is 5.82 Å². The van der Waals surface area contributed by atoms with Crippen molar-refractivity contribution < 1.29 is 0 Å². The summed E-state index contributed by atoms with van der Waals surface area (Å²) in [6.07, 6.45) is 5.94. The fraction of sp³-hybridized carbons (Fsp3) is 0.438. The molecular formula is C16H22ClN3S. The first-order chi connectivity index (χ1) is 10.2. The van der Waals surface area contributed by atoms with E-state index in [0.29, 0.717) is 6.04 Å². The average molecular weight is 324 g/mol. The number of hydrogen-bond acceptors (Lipinski definition) is 3. The molecule has 1 atom stereocenters. The quantitative estimate of drug-likeness (QED) is 0.750. The summed E-state index contributed by atoms with van der Waals surface area (Å²) in [6, 6.07) is 8.53. The largest absolute Gasteiger partial charge is 0.338 e. The van der Waals surface area contributed by atoms with E-state index in [9.17, 15) is 0 Å². The summed E-state index contributed by atoms with van der Waals surface area (Å²) in [5.41, 5.74) is 0. The van der Waals surface area contributed by atoms with E-state index in [0.717, 1.165) is 36.0 Å². The molecule has 0 saturated heterocycles. The third-order valence-electron chi connectivity index (χ3n) is 3.38. The van der Waals surface area contributed by atoms with E-state index in [-0.39, 0.29) is 0 Å². The van der Waals surface area contributed by atoms with Crippen molar-refractivity contribution in [3.8, 4) is 0 Å². The number of nitrogens with one attached hydrogen (secondary N) is 1. The highest BCUT2D eigenvalue weighted by molar-refractivity contribution is 7.99. The zero-order valence-corrected chi connectivity index (χ0v) is 14.1. The summed E-state index contributed by atoms with van der Waals surface area (Å²) in [7, 11) is 2.05. The zero-order valence-electron chi connectivity index (χ0n) is 12.6. The first kappa shape index (κ1) is 16.4. The Morgan fingerprint density at radius 2 is 2.29 bits per heavy atom. The molecule has 1 unspecified atom stereocenters. The van der Waals surface area contributed by atoms with Crippen molar-refractivity contribution in [2.75, 3.05) is 12.3 Å². The maximum Gasteiger partial charge on any atom is 0.108 e. The number of benzene rings is 1. The Labute approximate surface area is 136 Å². The summed E-state index contributed by atoms with van der Waals surface area (Å²) >= 11 is 7.88. The lowest BCUT2D eigenvalue weighted by Crippen LogP contribution is -2.31. The number of aromatic nitrogens is 2. The Morgan fingerprint density at radius 3 is 2.95 bits per heavy atom. The van der Waals surface area contributed by atoms with Gasteiger partial charge in [0.25, 0.3) is 0 Å². The molecule has 114 valence electrons. The summed E-state index contributed by atoms with van der Waals surface area (Å²) in [6.45, 7) is 3.14. The van der Waals surface area contributed by atoms with E-state index in [4.69, 9.17) is 11.6 Å². The molecule has 1 N–H and O–H groups in total. The van der Waals surface area contributed by atoms with Gasteiger partial charge in [-0.1, -0.05) is 24.6 Å². The lowest BCUT2D eigenvalue weighted by atomic mass is 10.2. The van der Waals surface area contributed by atoms with E-state index < -0.39 is 0 Å². The fourth-order valence-corrected chi connectivity index (χ4v) is 3.55. The number of halogens is 1. The highest BCUT2D eigenvalue weighted by atomic mass is 35.5. The van der Waals surface area contributed by atoms with Crippen LogP contribution in [0.4, 0.5) is 0 Å². The smallest absolute Gasteiger partial charge is 0.108 e. The second kappa shape index (κ2) is 8.47. The third-order valence-corrected chi connectivity index (χ3v) is 4.77. The van der Waals surface area contributed by atoms with Gasteiger partial charge in [0.2, 0.25) is 0 Å². The number of thioether (sulfide) groups is 1. The third kappa shape index (κ3) is 5.38. The molecule has 0 aliphatic carbocycles. The molecule has 0 radical (unpaired) electrons. The molecule has 2 rings (SSSR count). The highest BCUT2D eigenvalue weighted by Crippen LogP contribution is 2.23. The molecule has 0 saturated carbocycles. The van der Waals surface area contributed by atoms with Crippen LogP contribution in [0.5, 0.6) is 0 Å². The first-order valence-electron chi connectivity index (χ1n) is 7.27. The molecule has 0 aliphatic rings. The Kier molecular flexibility index (Phi) is 6.61. The summed E-state index contributed by atoms with van der Waals surface area (Å²) in [4.78, 5) is 5.61. The summed E-state index contributed by atoms with van der Waals surface area (Å²) in [5, 5.41) is 4.36. The molecule has 0 spiro atoms. The van der Waals surface area contributed by atoms with Crippen molar-refractivity contribution in [3.63, 3.8) is 0 Å². The molecule has 1 aromatic heterocycles. The van der Waals surface area contributed by atoms with Gasteiger partial charge in [-0.05, 0) is 31.2 Å². The number of nitrogens with zero attached hydrogens (tertiary/aromatic N) is 2. The van der Waals surface area contributed by atoms with Crippen LogP contribution in [0.3, 0.4) is 0 Å². The van der Waals surface area contributed by atoms with Gasteiger partial charge in [0.05, 0.1) is 0 Å². The topological polar surface area (TPSA) is 29.9 Å². The minimum atomic E-state index is 0.482. The molecule has 0 bridgehead atoms. The monoisotopic (exact) mass is 323 g/mol. The Hall–Kier alpha value is -0.970. The minimum absolute atomic E-state index is 0.482. The molecule has 0 aliphatic heterocycles. The van der Waals surface area contributed by atoms with E-state index in [2.05, 4.69) is 27.9 Å². The molecule has 1 heterocycles. The fourth-order valence-electron chi connectivity index (χ4n) is 2.23. The van der Waals surface area contributed by atoms with E-state index >= 15 is 0 Å². The van der Waals surface area contributed by atoms with E-state index in [1.807, 2.05) is 49.4 Å². The average Bonchev–Trinajstić information content (AvgIpc) is 2.87. The van der Waals surface area contributed by atoms with Crippen LogP contribution in [0.1, 0.15) is 19.2 Å². The number of aryl methyl sites for hydroxylation is 2. The Morgan fingerprint density at radius 1 is 1.43 bits per heavy atom. The van der Waals surface area contributed by atoms with Gasteiger partial charge >= 0.3 is 0 Å². The molecule has 5 heteroatoms. The van der Waals surface area contributed by atoms with Crippen LogP contribution >= 0.6 is 23.4 Å². The van der Waals surface area contributed by atoms with Crippen LogP contribution in [0, 0.1) is 0 Å². The molecule has 0 fully saturated rings. The van der Waals surface area contributed by atoms with Crippen molar-refractivity contribution in [1.82, 2.24) is 14.9 Å². The lowest BCUT2D eigenvalue weighted by Gasteiger charge is -2.17. The summed E-state index contributed by atoms with van der Waals surface area (Å²) in [5.74, 6) is 2.18. The van der Waals surface area contributed by atoms with Gasteiger partial charge in [-0.3, -0.25) is 0 Å². The van der Waals surface area contributed by atoms with Crippen molar-refractivity contribution in [2.45, 2.75) is 30.7 Å². The normalized spacial score (nSPS) is 12.5. The van der Waals surface area contributed by atoms with Crippen molar-refractivity contribution in [2.24, 2.45) is 7.05 Å². The van der Waals surface area contributed by atoms with Crippen molar-refractivity contribution >= 4 is 23.4 Å². The second-order valence-corrected chi connectivity index (χ2v) is 6.55. The van der Waals surface area contributed by atoms with Crippen LogP contribution in [0.2, 0.25) is 5.02 Å². The number of hydrogen-bond donors (Lipinski definition) is 1. The number of rotatable bonds is 8. The van der Waals surface area contributed by atoms with Gasteiger partial charge in [0, 0.05) is 47.6 Å². The molecule has 0 amide bonds. The Balaban J connectivity index is 1.85. The van der Waals surface area contributed by atoms with Gasteiger partial charge in [0.15, 0.2) is 0 Å². The minimum Gasteiger partial charge on any atom is -0.338 e. The summed E-state index contributed by atoms with van der Waals surface area (Å²) < 4.78 is 2.09. The second-order valence-electron chi connectivity index (χ2n) is 5.02. The molecular weight excluding hydrogens is 302 g/mol. The van der Waals surface area contributed by atoms with Crippen LogP contribution in [0.25, 0.3) is 0 Å². The predicted molar refractivity (Wildman–Crippen MR) is 91.2 cm³/mol. The van der Waals surface area contributed by atoms with Crippen molar-refractivity contribution in [1.29, 1.82) is 0 Å². The Bertz CT molecular complexity index is 556. The highest BCUT2D eigenvalue weighted by Gasteiger charge is 2.10. The van der Waals surface area contributed by atoms with Crippen LogP contribution < -0.4 is 5.32 Å². The molecule has 3 nitrogen and oxygen atoms in total. The number of imidazole rings is 1. The van der Waals surface area contributed by atoms with Crippen molar-refractivity contribution in [3.05, 3.63) is 47.5 Å². The lowest BCUT2D eigenvalue weighted by molar-refractivity contribution is 0.526. The van der Waals surface area contributed by atoms with Crippen LogP contribution in [0.15, 0.2) is 41.6 Å². The van der Waals surface area contributed by atoms with Gasteiger partial charge in [-0.2, -0.15) is 0 Å². The van der Waals surface area contributed by atoms with E-state index in [1.165, 1.54) is 4.90 Å². The predicted octanol–water partition coefficient (Wildman–Crippen LogP) is 3.78. The molecule has 21 heavy (non-hydrogen) atoms. The SMILES string of the molecule is CCNC(CCc1nccn1C)CSc1cccc(Cl)c1. The standard InChI is InChI=1S/C16H22ClN3S/c1-3-18-14(7-8-16-19-9-10-20(16)2)12-21-15-6-4-5-13(17)11-15/h4-6,9-11,14,18H,3,7-8,12H2,1-2H3.